The Labute approximate surface area is 65.6 Å². The molecule has 1 aromatic rings. The monoisotopic (exact) mass is 152 g/mol. The Morgan fingerprint density at radius 2 is 2.36 bits per heavy atom. The molecule has 3 heteroatoms. The van der Waals surface area contributed by atoms with E-state index >= 15 is 0 Å². The molecule has 60 valence electrons. The van der Waals surface area contributed by atoms with E-state index in [9.17, 15) is 0 Å². The molecule has 1 aliphatic carbocycles. The summed E-state index contributed by atoms with van der Waals surface area (Å²) in [5, 5.41) is 3.70. The average molecular weight is 152 g/mol. The smallest absolute Gasteiger partial charge is 0.169 e. The first-order valence-electron chi connectivity index (χ1n) is 3.98. The van der Waals surface area contributed by atoms with Crippen molar-refractivity contribution in [3.63, 3.8) is 0 Å². The SMILES string of the molecule is Cc1c(N)noc1CC1CC1. The highest BCUT2D eigenvalue weighted by molar-refractivity contribution is 5.39. The van der Waals surface area contributed by atoms with Crippen LogP contribution < -0.4 is 5.73 Å². The lowest BCUT2D eigenvalue weighted by Gasteiger charge is -1.91. The maximum atomic E-state index is 5.53. The summed E-state index contributed by atoms with van der Waals surface area (Å²) in [6.07, 6.45) is 3.69. The molecule has 0 saturated heterocycles. The lowest BCUT2D eigenvalue weighted by atomic mass is 10.1. The van der Waals surface area contributed by atoms with Crippen LogP contribution in [0.2, 0.25) is 0 Å². The molecule has 0 amide bonds. The van der Waals surface area contributed by atoms with E-state index in [1.165, 1.54) is 12.8 Å². The average Bonchev–Trinajstić information content (AvgIpc) is 2.74. The van der Waals surface area contributed by atoms with Crippen LogP contribution >= 0.6 is 0 Å². The first kappa shape index (κ1) is 6.70. The lowest BCUT2D eigenvalue weighted by Crippen LogP contribution is -1.89. The van der Waals surface area contributed by atoms with Gasteiger partial charge in [-0.1, -0.05) is 5.16 Å². The minimum absolute atomic E-state index is 0.542. The standard InChI is InChI=1S/C8H12N2O/c1-5-7(4-6-2-3-6)11-10-8(5)9/h6H,2-4H2,1H3,(H2,9,10). The Morgan fingerprint density at radius 1 is 1.64 bits per heavy atom. The van der Waals surface area contributed by atoms with Crippen molar-refractivity contribution in [2.24, 2.45) is 5.92 Å². The number of nitrogens with zero attached hydrogens (tertiary/aromatic N) is 1. The van der Waals surface area contributed by atoms with Crippen LogP contribution in [0.1, 0.15) is 24.2 Å². The molecule has 0 aromatic carbocycles. The van der Waals surface area contributed by atoms with Crippen molar-refractivity contribution in [2.45, 2.75) is 26.2 Å². The second kappa shape index (κ2) is 2.26. The summed E-state index contributed by atoms with van der Waals surface area (Å²) in [5.41, 5.74) is 6.56. The number of anilines is 1. The minimum Gasteiger partial charge on any atom is -0.381 e. The number of nitrogen functional groups attached to an aromatic ring is 1. The van der Waals surface area contributed by atoms with Crippen molar-refractivity contribution in [3.05, 3.63) is 11.3 Å². The molecular weight excluding hydrogens is 140 g/mol. The molecular formula is C8H12N2O. The molecule has 1 fully saturated rings. The molecule has 1 saturated carbocycles. The fraction of sp³-hybridized carbons (Fsp3) is 0.625. The quantitative estimate of drug-likeness (QED) is 0.699. The molecule has 0 radical (unpaired) electrons. The van der Waals surface area contributed by atoms with Crippen molar-refractivity contribution in [3.8, 4) is 0 Å². The highest BCUT2D eigenvalue weighted by Gasteiger charge is 2.24. The topological polar surface area (TPSA) is 52.0 Å². The summed E-state index contributed by atoms with van der Waals surface area (Å²) < 4.78 is 5.07. The molecule has 11 heavy (non-hydrogen) atoms. The highest BCUT2D eigenvalue weighted by atomic mass is 16.5. The Bertz CT molecular complexity index is 263. The number of hydrogen-bond donors (Lipinski definition) is 1. The molecule has 0 spiro atoms. The second-order valence-corrected chi connectivity index (χ2v) is 3.26. The zero-order chi connectivity index (χ0) is 7.84. The van der Waals surface area contributed by atoms with Crippen molar-refractivity contribution < 1.29 is 4.52 Å². The lowest BCUT2D eigenvalue weighted by molar-refractivity contribution is 0.379. The number of rotatable bonds is 2. The number of aromatic nitrogens is 1. The second-order valence-electron chi connectivity index (χ2n) is 3.26. The molecule has 0 bridgehead atoms. The summed E-state index contributed by atoms with van der Waals surface area (Å²) in [6.45, 7) is 1.96. The van der Waals surface area contributed by atoms with Gasteiger partial charge < -0.3 is 10.3 Å². The van der Waals surface area contributed by atoms with Gasteiger partial charge in [0.2, 0.25) is 0 Å². The normalized spacial score (nSPS) is 17.2. The predicted octanol–water partition coefficient (Wildman–Crippen LogP) is 1.52. The molecule has 1 aliphatic rings. The van der Waals surface area contributed by atoms with E-state index in [1.807, 2.05) is 6.92 Å². The van der Waals surface area contributed by atoms with Crippen LogP contribution in [0.3, 0.4) is 0 Å². The fourth-order valence-electron chi connectivity index (χ4n) is 1.16. The minimum atomic E-state index is 0.542. The van der Waals surface area contributed by atoms with E-state index in [2.05, 4.69) is 5.16 Å². The zero-order valence-electron chi connectivity index (χ0n) is 6.63. The molecule has 0 unspecified atom stereocenters. The van der Waals surface area contributed by atoms with Gasteiger partial charge in [0, 0.05) is 12.0 Å². The third-order valence-electron chi connectivity index (χ3n) is 2.23. The van der Waals surface area contributed by atoms with E-state index in [0.717, 1.165) is 23.7 Å². The van der Waals surface area contributed by atoms with Crippen molar-refractivity contribution in [1.29, 1.82) is 0 Å². The van der Waals surface area contributed by atoms with Gasteiger partial charge in [0.15, 0.2) is 5.82 Å². The van der Waals surface area contributed by atoms with Crippen molar-refractivity contribution >= 4 is 5.82 Å². The summed E-state index contributed by atoms with van der Waals surface area (Å²) >= 11 is 0. The Balaban J connectivity index is 2.15. The summed E-state index contributed by atoms with van der Waals surface area (Å²) in [5.74, 6) is 2.35. The van der Waals surface area contributed by atoms with Gasteiger partial charge in [0.05, 0.1) is 0 Å². The fourth-order valence-corrected chi connectivity index (χ4v) is 1.16. The van der Waals surface area contributed by atoms with Gasteiger partial charge in [-0.05, 0) is 25.7 Å². The van der Waals surface area contributed by atoms with Gasteiger partial charge >= 0.3 is 0 Å². The molecule has 2 rings (SSSR count). The van der Waals surface area contributed by atoms with Crippen LogP contribution in [0.15, 0.2) is 4.52 Å². The Kier molecular flexibility index (Phi) is 1.37. The van der Waals surface area contributed by atoms with E-state index in [4.69, 9.17) is 10.3 Å². The number of nitrogens with two attached hydrogens (primary N) is 1. The molecule has 3 nitrogen and oxygen atoms in total. The van der Waals surface area contributed by atoms with Crippen LogP contribution in [0.5, 0.6) is 0 Å². The molecule has 0 aliphatic heterocycles. The van der Waals surface area contributed by atoms with Gasteiger partial charge in [0.1, 0.15) is 5.76 Å². The van der Waals surface area contributed by atoms with Gasteiger partial charge in [-0.2, -0.15) is 0 Å². The first-order chi connectivity index (χ1) is 5.27. The predicted molar refractivity (Wildman–Crippen MR) is 42.1 cm³/mol. The van der Waals surface area contributed by atoms with Crippen LogP contribution in [0.4, 0.5) is 5.82 Å². The number of hydrogen-bond acceptors (Lipinski definition) is 3. The molecule has 1 heterocycles. The summed E-state index contributed by atoms with van der Waals surface area (Å²) in [7, 11) is 0. The van der Waals surface area contributed by atoms with Gasteiger partial charge in [0.25, 0.3) is 0 Å². The maximum Gasteiger partial charge on any atom is 0.169 e. The van der Waals surface area contributed by atoms with Crippen molar-refractivity contribution in [1.82, 2.24) is 5.16 Å². The van der Waals surface area contributed by atoms with Crippen LogP contribution in [-0.2, 0) is 6.42 Å². The van der Waals surface area contributed by atoms with Crippen LogP contribution in [0, 0.1) is 12.8 Å². The summed E-state index contributed by atoms with van der Waals surface area (Å²) in [4.78, 5) is 0. The largest absolute Gasteiger partial charge is 0.381 e. The van der Waals surface area contributed by atoms with Gasteiger partial charge in [-0.15, -0.1) is 0 Å². The third-order valence-corrected chi connectivity index (χ3v) is 2.23. The summed E-state index contributed by atoms with van der Waals surface area (Å²) in [6, 6.07) is 0. The molecule has 2 N–H and O–H groups in total. The van der Waals surface area contributed by atoms with Crippen LogP contribution in [0.25, 0.3) is 0 Å². The molecule has 1 aromatic heterocycles. The Hall–Kier alpha value is -0.990. The highest BCUT2D eigenvalue weighted by Crippen LogP contribution is 2.34. The van der Waals surface area contributed by atoms with Gasteiger partial charge in [-0.25, -0.2) is 0 Å². The first-order valence-corrected chi connectivity index (χ1v) is 3.98. The van der Waals surface area contributed by atoms with Gasteiger partial charge in [-0.3, -0.25) is 0 Å². The Morgan fingerprint density at radius 3 is 2.82 bits per heavy atom. The molecule has 0 atom stereocenters. The van der Waals surface area contributed by atoms with E-state index in [1.54, 1.807) is 0 Å². The van der Waals surface area contributed by atoms with Crippen LogP contribution in [-0.4, -0.2) is 5.16 Å². The van der Waals surface area contributed by atoms with E-state index < -0.39 is 0 Å². The third kappa shape index (κ3) is 1.23. The van der Waals surface area contributed by atoms with E-state index in [-0.39, 0.29) is 0 Å². The maximum absolute atomic E-state index is 5.53. The zero-order valence-corrected chi connectivity index (χ0v) is 6.63. The van der Waals surface area contributed by atoms with E-state index in [0.29, 0.717) is 5.82 Å². The van der Waals surface area contributed by atoms with Crippen molar-refractivity contribution in [2.75, 3.05) is 5.73 Å².